The molecule has 0 unspecified atom stereocenters. The van der Waals surface area contributed by atoms with Gasteiger partial charge >= 0.3 is 0 Å². The SMILES string of the molecule is Cc1cc(Sc2nc3ccccc3o2)nc(N)n1. The Morgan fingerprint density at radius 2 is 2.00 bits per heavy atom. The molecule has 0 spiro atoms. The van der Waals surface area contributed by atoms with E-state index in [1.165, 1.54) is 11.8 Å². The monoisotopic (exact) mass is 258 g/mol. The number of aromatic nitrogens is 3. The van der Waals surface area contributed by atoms with Gasteiger partial charge in [0.15, 0.2) is 5.58 Å². The zero-order chi connectivity index (χ0) is 12.5. The van der Waals surface area contributed by atoms with Gasteiger partial charge < -0.3 is 10.2 Å². The molecule has 3 rings (SSSR count). The zero-order valence-electron chi connectivity index (χ0n) is 9.62. The van der Waals surface area contributed by atoms with Crippen molar-refractivity contribution in [2.45, 2.75) is 17.2 Å². The van der Waals surface area contributed by atoms with Crippen LogP contribution in [0.15, 0.2) is 45.0 Å². The number of para-hydroxylation sites is 2. The second-order valence-electron chi connectivity index (χ2n) is 3.76. The number of fused-ring (bicyclic) bond motifs is 1. The van der Waals surface area contributed by atoms with Crippen molar-refractivity contribution in [1.82, 2.24) is 15.0 Å². The van der Waals surface area contributed by atoms with Gasteiger partial charge in [-0.1, -0.05) is 12.1 Å². The summed E-state index contributed by atoms with van der Waals surface area (Å²) in [4.78, 5) is 12.5. The lowest BCUT2D eigenvalue weighted by molar-refractivity contribution is 0.489. The van der Waals surface area contributed by atoms with Crippen molar-refractivity contribution in [3.63, 3.8) is 0 Å². The number of nitrogens with zero attached hydrogens (tertiary/aromatic N) is 3. The van der Waals surface area contributed by atoms with Crippen molar-refractivity contribution < 1.29 is 4.42 Å². The first-order valence-electron chi connectivity index (χ1n) is 5.35. The molecule has 0 aliphatic rings. The second kappa shape index (κ2) is 4.30. The smallest absolute Gasteiger partial charge is 0.263 e. The highest BCUT2D eigenvalue weighted by molar-refractivity contribution is 7.99. The van der Waals surface area contributed by atoms with Gasteiger partial charge in [-0.25, -0.2) is 15.0 Å². The third kappa shape index (κ3) is 2.14. The predicted molar refractivity (Wildman–Crippen MR) is 69.3 cm³/mol. The first-order valence-corrected chi connectivity index (χ1v) is 6.17. The van der Waals surface area contributed by atoms with Crippen LogP contribution in [0.25, 0.3) is 11.1 Å². The van der Waals surface area contributed by atoms with E-state index in [-0.39, 0.29) is 5.95 Å². The van der Waals surface area contributed by atoms with E-state index in [0.29, 0.717) is 5.22 Å². The van der Waals surface area contributed by atoms with Crippen LogP contribution < -0.4 is 5.73 Å². The predicted octanol–water partition coefficient (Wildman–Crippen LogP) is 2.66. The quantitative estimate of drug-likeness (QED) is 0.712. The number of anilines is 1. The van der Waals surface area contributed by atoms with E-state index in [4.69, 9.17) is 10.2 Å². The molecule has 0 atom stereocenters. The summed E-state index contributed by atoms with van der Waals surface area (Å²) in [7, 11) is 0. The molecule has 0 radical (unpaired) electrons. The van der Waals surface area contributed by atoms with Crippen LogP contribution in [-0.4, -0.2) is 15.0 Å². The molecule has 0 bridgehead atoms. The fraction of sp³-hybridized carbons (Fsp3) is 0.0833. The van der Waals surface area contributed by atoms with Crippen LogP contribution >= 0.6 is 11.8 Å². The number of nitrogens with two attached hydrogens (primary N) is 1. The first-order chi connectivity index (χ1) is 8.70. The van der Waals surface area contributed by atoms with E-state index in [9.17, 15) is 0 Å². The average molecular weight is 258 g/mol. The first kappa shape index (κ1) is 11.0. The van der Waals surface area contributed by atoms with E-state index in [0.717, 1.165) is 21.8 Å². The minimum Gasteiger partial charge on any atom is -0.431 e. The number of rotatable bonds is 2. The molecule has 0 fully saturated rings. The summed E-state index contributed by atoms with van der Waals surface area (Å²) >= 11 is 1.33. The molecular formula is C12H10N4OS. The lowest BCUT2D eigenvalue weighted by Gasteiger charge is -1.99. The second-order valence-corrected chi connectivity index (χ2v) is 4.73. The summed E-state index contributed by atoms with van der Waals surface area (Å²) in [5, 5.41) is 1.28. The van der Waals surface area contributed by atoms with Gasteiger partial charge in [-0.2, -0.15) is 0 Å². The number of benzene rings is 1. The summed E-state index contributed by atoms with van der Waals surface area (Å²) in [5.41, 5.74) is 8.02. The highest BCUT2D eigenvalue weighted by Crippen LogP contribution is 2.28. The average Bonchev–Trinajstić information content (AvgIpc) is 2.69. The van der Waals surface area contributed by atoms with Crippen LogP contribution in [0.2, 0.25) is 0 Å². The van der Waals surface area contributed by atoms with E-state index in [1.807, 2.05) is 37.3 Å². The molecule has 18 heavy (non-hydrogen) atoms. The van der Waals surface area contributed by atoms with Crippen LogP contribution in [0.3, 0.4) is 0 Å². The Kier molecular flexibility index (Phi) is 2.64. The highest BCUT2D eigenvalue weighted by Gasteiger charge is 2.09. The molecule has 0 saturated heterocycles. The Morgan fingerprint density at radius 1 is 1.17 bits per heavy atom. The largest absolute Gasteiger partial charge is 0.431 e. The fourth-order valence-electron chi connectivity index (χ4n) is 1.60. The van der Waals surface area contributed by atoms with Gasteiger partial charge in [0.2, 0.25) is 5.95 Å². The Bertz CT molecular complexity index is 657. The Hall–Kier alpha value is -2.08. The van der Waals surface area contributed by atoms with Gasteiger partial charge in [0.05, 0.1) is 0 Å². The van der Waals surface area contributed by atoms with Crippen molar-refractivity contribution in [2.24, 2.45) is 0 Å². The normalized spacial score (nSPS) is 10.9. The molecule has 6 heteroatoms. The minimum atomic E-state index is 0.258. The maximum absolute atomic E-state index is 5.60. The van der Waals surface area contributed by atoms with Crippen molar-refractivity contribution in [3.8, 4) is 0 Å². The zero-order valence-corrected chi connectivity index (χ0v) is 10.4. The third-order valence-corrected chi connectivity index (χ3v) is 3.08. The van der Waals surface area contributed by atoms with Gasteiger partial charge in [-0.15, -0.1) is 0 Å². The topological polar surface area (TPSA) is 77.8 Å². The molecule has 0 aliphatic carbocycles. The van der Waals surface area contributed by atoms with Gasteiger partial charge in [0.25, 0.3) is 5.22 Å². The summed E-state index contributed by atoms with van der Waals surface area (Å²) in [5.74, 6) is 0.258. The van der Waals surface area contributed by atoms with Crippen molar-refractivity contribution in [2.75, 3.05) is 5.73 Å². The molecule has 5 nitrogen and oxygen atoms in total. The number of hydrogen-bond donors (Lipinski definition) is 1. The molecule has 2 N–H and O–H groups in total. The lowest BCUT2D eigenvalue weighted by atomic mass is 10.3. The molecule has 0 saturated carbocycles. The van der Waals surface area contributed by atoms with E-state index in [1.54, 1.807) is 0 Å². The number of oxazole rings is 1. The highest BCUT2D eigenvalue weighted by atomic mass is 32.2. The maximum Gasteiger partial charge on any atom is 0.263 e. The van der Waals surface area contributed by atoms with Crippen LogP contribution in [0.5, 0.6) is 0 Å². The van der Waals surface area contributed by atoms with Gasteiger partial charge in [-0.3, -0.25) is 0 Å². The summed E-state index contributed by atoms with van der Waals surface area (Å²) in [6.45, 7) is 1.87. The van der Waals surface area contributed by atoms with Crippen molar-refractivity contribution in [1.29, 1.82) is 0 Å². The molecule has 2 heterocycles. The molecule has 90 valence electrons. The molecule has 0 amide bonds. The Morgan fingerprint density at radius 3 is 2.78 bits per heavy atom. The van der Waals surface area contributed by atoms with Crippen molar-refractivity contribution >= 4 is 28.8 Å². The molecular weight excluding hydrogens is 248 g/mol. The van der Waals surface area contributed by atoms with E-state index < -0.39 is 0 Å². The molecule has 3 aromatic rings. The molecule has 1 aromatic carbocycles. The minimum absolute atomic E-state index is 0.258. The number of nitrogen functional groups attached to an aromatic ring is 1. The Balaban J connectivity index is 1.96. The third-order valence-electron chi connectivity index (χ3n) is 2.31. The summed E-state index contributed by atoms with van der Waals surface area (Å²) in [6.07, 6.45) is 0. The summed E-state index contributed by atoms with van der Waals surface area (Å²) in [6, 6.07) is 9.46. The van der Waals surface area contributed by atoms with E-state index >= 15 is 0 Å². The summed E-state index contributed by atoms with van der Waals surface area (Å²) < 4.78 is 5.60. The van der Waals surface area contributed by atoms with Crippen LogP contribution in [-0.2, 0) is 0 Å². The van der Waals surface area contributed by atoms with E-state index in [2.05, 4.69) is 15.0 Å². The van der Waals surface area contributed by atoms with Crippen molar-refractivity contribution in [3.05, 3.63) is 36.0 Å². The lowest BCUT2D eigenvalue weighted by Crippen LogP contribution is -1.97. The number of hydrogen-bond acceptors (Lipinski definition) is 6. The Labute approximate surface area is 107 Å². The van der Waals surface area contributed by atoms with Gasteiger partial charge in [-0.05, 0) is 36.9 Å². The van der Waals surface area contributed by atoms with Gasteiger partial charge in [0.1, 0.15) is 10.5 Å². The molecule has 2 aromatic heterocycles. The van der Waals surface area contributed by atoms with Crippen LogP contribution in [0.1, 0.15) is 5.69 Å². The maximum atomic E-state index is 5.60. The van der Waals surface area contributed by atoms with Crippen LogP contribution in [0, 0.1) is 6.92 Å². The molecule has 0 aliphatic heterocycles. The van der Waals surface area contributed by atoms with Crippen LogP contribution in [0.4, 0.5) is 5.95 Å². The number of aryl methyl sites for hydroxylation is 1. The van der Waals surface area contributed by atoms with Gasteiger partial charge in [0, 0.05) is 5.69 Å². The fourth-order valence-corrected chi connectivity index (χ4v) is 2.42. The standard InChI is InChI=1S/C12H10N4OS/c1-7-6-10(16-11(13)14-7)18-12-15-8-4-2-3-5-9(8)17-12/h2-6H,1H3,(H2,13,14,16).